The molecule has 0 radical (unpaired) electrons. The molecule has 1 saturated heterocycles. The molecule has 1 aromatic carbocycles. The fraction of sp³-hybridized carbons (Fsp3) is 0.600. The number of hydrogen-bond donors (Lipinski definition) is 2. The van der Waals surface area contributed by atoms with Crippen LogP contribution in [0.25, 0.3) is 0 Å². The van der Waals surface area contributed by atoms with E-state index in [0.717, 1.165) is 51.4 Å². The SMILES string of the molecule is CCNC(=NCc1ccc(C)cc1)NCCCN1CCCCCC1=O. The zero-order valence-corrected chi connectivity index (χ0v) is 15.7. The van der Waals surface area contributed by atoms with Crippen molar-refractivity contribution in [1.82, 2.24) is 15.5 Å². The number of amides is 1. The van der Waals surface area contributed by atoms with Gasteiger partial charge in [0.05, 0.1) is 6.54 Å². The third kappa shape index (κ3) is 7.16. The molecule has 25 heavy (non-hydrogen) atoms. The van der Waals surface area contributed by atoms with Crippen molar-refractivity contribution in [2.75, 3.05) is 26.2 Å². The van der Waals surface area contributed by atoms with Crippen molar-refractivity contribution in [2.24, 2.45) is 4.99 Å². The van der Waals surface area contributed by atoms with Crippen molar-refractivity contribution in [1.29, 1.82) is 0 Å². The van der Waals surface area contributed by atoms with Gasteiger partial charge in [0.1, 0.15) is 0 Å². The van der Waals surface area contributed by atoms with Gasteiger partial charge in [-0.1, -0.05) is 36.2 Å². The molecule has 2 rings (SSSR count). The van der Waals surface area contributed by atoms with Crippen LogP contribution >= 0.6 is 0 Å². The molecule has 0 aliphatic carbocycles. The highest BCUT2D eigenvalue weighted by atomic mass is 16.2. The van der Waals surface area contributed by atoms with E-state index >= 15 is 0 Å². The maximum absolute atomic E-state index is 12.0. The molecule has 0 atom stereocenters. The van der Waals surface area contributed by atoms with Crippen LogP contribution in [-0.2, 0) is 11.3 Å². The first-order valence-electron chi connectivity index (χ1n) is 9.54. The molecular formula is C20H32N4O. The van der Waals surface area contributed by atoms with Gasteiger partial charge in [0.2, 0.25) is 5.91 Å². The number of hydrogen-bond acceptors (Lipinski definition) is 2. The van der Waals surface area contributed by atoms with E-state index < -0.39 is 0 Å². The lowest BCUT2D eigenvalue weighted by molar-refractivity contribution is -0.130. The number of rotatable bonds is 7. The van der Waals surface area contributed by atoms with E-state index in [1.165, 1.54) is 17.5 Å². The number of nitrogens with zero attached hydrogens (tertiary/aromatic N) is 2. The molecular weight excluding hydrogens is 312 g/mol. The van der Waals surface area contributed by atoms with E-state index in [2.05, 4.69) is 53.7 Å². The largest absolute Gasteiger partial charge is 0.357 e. The van der Waals surface area contributed by atoms with Crippen molar-refractivity contribution < 1.29 is 4.79 Å². The molecule has 1 aliphatic rings. The summed E-state index contributed by atoms with van der Waals surface area (Å²) in [5.74, 6) is 1.16. The first-order chi connectivity index (χ1) is 12.2. The van der Waals surface area contributed by atoms with Gasteiger partial charge in [-0.05, 0) is 38.7 Å². The van der Waals surface area contributed by atoms with Gasteiger partial charge in [-0.3, -0.25) is 4.79 Å². The Balaban J connectivity index is 1.75. The third-order valence-electron chi connectivity index (χ3n) is 4.45. The third-order valence-corrected chi connectivity index (χ3v) is 4.45. The van der Waals surface area contributed by atoms with E-state index in [-0.39, 0.29) is 0 Å². The van der Waals surface area contributed by atoms with Gasteiger partial charge in [-0.2, -0.15) is 0 Å². The number of aryl methyl sites for hydroxylation is 1. The second-order valence-electron chi connectivity index (χ2n) is 6.65. The predicted molar refractivity (Wildman–Crippen MR) is 104 cm³/mol. The topological polar surface area (TPSA) is 56.7 Å². The number of carbonyl (C=O) groups is 1. The Morgan fingerprint density at radius 3 is 2.72 bits per heavy atom. The van der Waals surface area contributed by atoms with Gasteiger partial charge in [0.15, 0.2) is 5.96 Å². The summed E-state index contributed by atoms with van der Waals surface area (Å²) < 4.78 is 0. The van der Waals surface area contributed by atoms with Gasteiger partial charge in [-0.15, -0.1) is 0 Å². The highest BCUT2D eigenvalue weighted by molar-refractivity contribution is 5.79. The summed E-state index contributed by atoms with van der Waals surface area (Å²) in [5.41, 5.74) is 2.47. The summed E-state index contributed by atoms with van der Waals surface area (Å²) in [6.07, 6.45) is 5.02. The standard InChI is InChI=1S/C20H32N4O/c1-3-21-20(23-16-18-11-9-17(2)10-12-18)22-13-7-15-24-14-6-4-5-8-19(24)25/h9-12H,3-8,13-16H2,1-2H3,(H2,21,22,23). The lowest BCUT2D eigenvalue weighted by atomic mass is 10.1. The Hall–Kier alpha value is -2.04. The van der Waals surface area contributed by atoms with E-state index in [1.54, 1.807) is 0 Å². The molecule has 5 nitrogen and oxygen atoms in total. The summed E-state index contributed by atoms with van der Waals surface area (Å²) in [7, 11) is 0. The van der Waals surface area contributed by atoms with Gasteiger partial charge in [-0.25, -0.2) is 4.99 Å². The summed E-state index contributed by atoms with van der Waals surface area (Å²) in [6, 6.07) is 8.47. The summed E-state index contributed by atoms with van der Waals surface area (Å²) in [6.45, 7) is 8.24. The van der Waals surface area contributed by atoms with Crippen molar-refractivity contribution in [2.45, 2.75) is 52.5 Å². The quantitative estimate of drug-likeness (QED) is 0.454. The molecule has 138 valence electrons. The van der Waals surface area contributed by atoms with Crippen LogP contribution in [0, 0.1) is 6.92 Å². The van der Waals surface area contributed by atoms with Gasteiger partial charge in [0.25, 0.3) is 0 Å². The van der Waals surface area contributed by atoms with Crippen molar-refractivity contribution in [3.8, 4) is 0 Å². The number of likely N-dealkylation sites (tertiary alicyclic amines) is 1. The second kappa shape index (κ2) is 10.7. The second-order valence-corrected chi connectivity index (χ2v) is 6.65. The van der Waals surface area contributed by atoms with Crippen LogP contribution in [0.1, 0.15) is 50.2 Å². The maximum Gasteiger partial charge on any atom is 0.222 e. The Morgan fingerprint density at radius 2 is 1.96 bits per heavy atom. The smallest absolute Gasteiger partial charge is 0.222 e. The zero-order chi connectivity index (χ0) is 17.9. The first kappa shape index (κ1) is 19.3. The van der Waals surface area contributed by atoms with Crippen LogP contribution in [0.5, 0.6) is 0 Å². The van der Waals surface area contributed by atoms with Crippen LogP contribution in [0.4, 0.5) is 0 Å². The number of carbonyl (C=O) groups excluding carboxylic acids is 1. The van der Waals surface area contributed by atoms with Crippen molar-refractivity contribution >= 4 is 11.9 Å². The average Bonchev–Trinajstić information content (AvgIpc) is 2.82. The molecule has 0 bridgehead atoms. The molecule has 5 heteroatoms. The Labute approximate surface area is 151 Å². The minimum atomic E-state index is 0.317. The Bertz CT molecular complexity index is 553. The van der Waals surface area contributed by atoms with Crippen molar-refractivity contribution in [3.63, 3.8) is 0 Å². The fourth-order valence-corrected chi connectivity index (χ4v) is 2.96. The molecule has 1 fully saturated rings. The number of aliphatic imine (C=N–C) groups is 1. The Kier molecular flexibility index (Phi) is 8.29. The zero-order valence-electron chi connectivity index (χ0n) is 15.7. The number of nitrogens with one attached hydrogen (secondary N) is 2. The van der Waals surface area contributed by atoms with E-state index in [4.69, 9.17) is 0 Å². The number of guanidine groups is 1. The fourth-order valence-electron chi connectivity index (χ4n) is 2.96. The number of benzene rings is 1. The van der Waals surface area contributed by atoms with Crippen molar-refractivity contribution in [3.05, 3.63) is 35.4 Å². The van der Waals surface area contributed by atoms with Crippen LogP contribution < -0.4 is 10.6 Å². The lowest BCUT2D eigenvalue weighted by Gasteiger charge is -2.20. The molecule has 1 amide bonds. The van der Waals surface area contributed by atoms with Crippen LogP contribution in [-0.4, -0.2) is 42.9 Å². The first-order valence-corrected chi connectivity index (χ1v) is 9.54. The summed E-state index contributed by atoms with van der Waals surface area (Å²) in [5, 5.41) is 6.65. The van der Waals surface area contributed by atoms with E-state index in [0.29, 0.717) is 18.9 Å². The van der Waals surface area contributed by atoms with Gasteiger partial charge < -0.3 is 15.5 Å². The highest BCUT2D eigenvalue weighted by Gasteiger charge is 2.15. The molecule has 0 spiro atoms. The Morgan fingerprint density at radius 1 is 1.16 bits per heavy atom. The van der Waals surface area contributed by atoms with Crippen LogP contribution in [0.15, 0.2) is 29.3 Å². The van der Waals surface area contributed by atoms with E-state index in [1.807, 2.05) is 4.90 Å². The van der Waals surface area contributed by atoms with Crippen LogP contribution in [0.2, 0.25) is 0 Å². The van der Waals surface area contributed by atoms with E-state index in [9.17, 15) is 4.79 Å². The van der Waals surface area contributed by atoms with Gasteiger partial charge >= 0.3 is 0 Å². The maximum atomic E-state index is 12.0. The molecule has 1 aliphatic heterocycles. The normalized spacial score (nSPS) is 15.8. The minimum absolute atomic E-state index is 0.317. The van der Waals surface area contributed by atoms with Gasteiger partial charge in [0, 0.05) is 32.6 Å². The molecule has 0 unspecified atom stereocenters. The molecule has 0 saturated carbocycles. The molecule has 0 aromatic heterocycles. The molecule has 1 aromatic rings. The van der Waals surface area contributed by atoms with Crippen LogP contribution in [0.3, 0.4) is 0 Å². The molecule has 2 N–H and O–H groups in total. The summed E-state index contributed by atoms with van der Waals surface area (Å²) >= 11 is 0. The predicted octanol–water partition coefficient (Wildman–Crippen LogP) is 2.84. The highest BCUT2D eigenvalue weighted by Crippen LogP contribution is 2.11. The summed E-state index contributed by atoms with van der Waals surface area (Å²) in [4.78, 5) is 18.7. The average molecular weight is 345 g/mol. The minimum Gasteiger partial charge on any atom is -0.357 e. The monoisotopic (exact) mass is 344 g/mol. The lowest BCUT2D eigenvalue weighted by Crippen LogP contribution is -2.39. The molecule has 1 heterocycles.